The molecule has 0 aromatic heterocycles. The Bertz CT molecular complexity index is 317. The van der Waals surface area contributed by atoms with Crippen molar-refractivity contribution in [3.05, 3.63) is 34.9 Å². The largest absolute Gasteiger partial charge is 0.319 e. The molecular formula is C13H19N. The number of benzene rings is 1. The molecular weight excluding hydrogens is 170 g/mol. The fourth-order valence-electron chi connectivity index (χ4n) is 2.32. The predicted molar refractivity (Wildman–Crippen MR) is 60.8 cm³/mol. The molecule has 0 amide bonds. The van der Waals surface area contributed by atoms with Gasteiger partial charge in [-0.3, -0.25) is 0 Å². The maximum absolute atomic E-state index is 3.23. The van der Waals surface area contributed by atoms with E-state index in [1.54, 1.807) is 11.1 Å². The zero-order valence-corrected chi connectivity index (χ0v) is 9.14. The Kier molecular flexibility index (Phi) is 2.87. The average molecular weight is 189 g/mol. The van der Waals surface area contributed by atoms with E-state index in [0.717, 1.165) is 6.54 Å². The molecule has 0 bridgehead atoms. The molecule has 1 aromatic carbocycles. The highest BCUT2D eigenvalue weighted by Crippen LogP contribution is 2.25. The van der Waals surface area contributed by atoms with Crippen LogP contribution in [0, 0.1) is 0 Å². The molecule has 1 N–H and O–H groups in total. The van der Waals surface area contributed by atoms with Crippen molar-refractivity contribution in [3.63, 3.8) is 0 Å². The predicted octanol–water partition coefficient (Wildman–Crippen LogP) is 2.50. The van der Waals surface area contributed by atoms with Crippen LogP contribution < -0.4 is 5.32 Å². The van der Waals surface area contributed by atoms with Crippen LogP contribution in [0.2, 0.25) is 0 Å². The first-order chi connectivity index (χ1) is 6.81. The molecule has 0 saturated carbocycles. The molecule has 0 heterocycles. The maximum Gasteiger partial charge on any atom is 0.00144 e. The molecule has 1 aliphatic carbocycles. The van der Waals surface area contributed by atoms with E-state index in [0.29, 0.717) is 5.92 Å². The zero-order chi connectivity index (χ0) is 9.97. The van der Waals surface area contributed by atoms with Crippen molar-refractivity contribution in [2.75, 3.05) is 13.6 Å². The van der Waals surface area contributed by atoms with E-state index in [9.17, 15) is 0 Å². The highest BCUT2D eigenvalue weighted by Gasteiger charge is 2.12. The second kappa shape index (κ2) is 4.14. The Morgan fingerprint density at radius 2 is 2.07 bits per heavy atom. The van der Waals surface area contributed by atoms with Crippen LogP contribution in [0.15, 0.2) is 18.2 Å². The van der Waals surface area contributed by atoms with E-state index in [1.807, 2.05) is 7.05 Å². The summed E-state index contributed by atoms with van der Waals surface area (Å²) < 4.78 is 0. The van der Waals surface area contributed by atoms with Crippen molar-refractivity contribution in [2.45, 2.75) is 32.1 Å². The lowest BCUT2D eigenvalue weighted by Gasteiger charge is -2.12. The molecule has 0 saturated heterocycles. The third-order valence-electron chi connectivity index (χ3n) is 3.20. The van der Waals surface area contributed by atoms with Gasteiger partial charge in [0.2, 0.25) is 0 Å². The van der Waals surface area contributed by atoms with Crippen molar-refractivity contribution < 1.29 is 0 Å². The van der Waals surface area contributed by atoms with Crippen molar-refractivity contribution in [2.24, 2.45) is 0 Å². The summed E-state index contributed by atoms with van der Waals surface area (Å²) >= 11 is 0. The number of hydrogen-bond acceptors (Lipinski definition) is 1. The summed E-state index contributed by atoms with van der Waals surface area (Å²) in [4.78, 5) is 0. The quantitative estimate of drug-likeness (QED) is 0.770. The second-order valence-electron chi connectivity index (χ2n) is 4.34. The highest BCUT2D eigenvalue weighted by atomic mass is 14.8. The molecule has 0 spiro atoms. The summed E-state index contributed by atoms with van der Waals surface area (Å²) in [5.74, 6) is 0.630. The SMILES string of the molecule is CNCC(C)c1ccc2c(c1)CCC2. The van der Waals surface area contributed by atoms with Gasteiger partial charge < -0.3 is 5.32 Å². The van der Waals surface area contributed by atoms with Gasteiger partial charge in [0.15, 0.2) is 0 Å². The first-order valence-corrected chi connectivity index (χ1v) is 5.57. The van der Waals surface area contributed by atoms with Gasteiger partial charge in [0.1, 0.15) is 0 Å². The van der Waals surface area contributed by atoms with Gasteiger partial charge in [-0.2, -0.15) is 0 Å². The second-order valence-corrected chi connectivity index (χ2v) is 4.34. The Hall–Kier alpha value is -0.820. The molecule has 14 heavy (non-hydrogen) atoms. The number of rotatable bonds is 3. The maximum atomic E-state index is 3.23. The molecule has 0 aliphatic heterocycles. The van der Waals surface area contributed by atoms with Crippen LogP contribution in [0.1, 0.15) is 36.0 Å². The van der Waals surface area contributed by atoms with Gasteiger partial charge in [0.25, 0.3) is 0 Å². The number of fused-ring (bicyclic) bond motifs is 1. The van der Waals surface area contributed by atoms with Crippen LogP contribution in [0.25, 0.3) is 0 Å². The topological polar surface area (TPSA) is 12.0 Å². The van der Waals surface area contributed by atoms with E-state index in [2.05, 4.69) is 30.4 Å². The fourth-order valence-corrected chi connectivity index (χ4v) is 2.32. The fraction of sp³-hybridized carbons (Fsp3) is 0.538. The third kappa shape index (κ3) is 1.83. The summed E-state index contributed by atoms with van der Waals surface area (Å²) in [6.07, 6.45) is 3.92. The molecule has 76 valence electrons. The van der Waals surface area contributed by atoms with Crippen LogP contribution in [0.4, 0.5) is 0 Å². The summed E-state index contributed by atoms with van der Waals surface area (Å²) in [5, 5.41) is 3.23. The lowest BCUT2D eigenvalue weighted by molar-refractivity contribution is 0.677. The van der Waals surface area contributed by atoms with Gasteiger partial charge in [-0.15, -0.1) is 0 Å². The van der Waals surface area contributed by atoms with Gasteiger partial charge >= 0.3 is 0 Å². The zero-order valence-electron chi connectivity index (χ0n) is 9.14. The van der Waals surface area contributed by atoms with E-state index in [4.69, 9.17) is 0 Å². The van der Waals surface area contributed by atoms with Crippen LogP contribution in [-0.4, -0.2) is 13.6 Å². The Morgan fingerprint density at radius 3 is 2.86 bits per heavy atom. The minimum absolute atomic E-state index is 0.630. The van der Waals surface area contributed by atoms with Gasteiger partial charge in [-0.25, -0.2) is 0 Å². The Labute approximate surface area is 86.5 Å². The molecule has 0 fully saturated rings. The van der Waals surface area contributed by atoms with Crippen LogP contribution in [0.5, 0.6) is 0 Å². The van der Waals surface area contributed by atoms with E-state index in [-0.39, 0.29) is 0 Å². The van der Waals surface area contributed by atoms with Crippen molar-refractivity contribution in [3.8, 4) is 0 Å². The molecule has 0 radical (unpaired) electrons. The Morgan fingerprint density at radius 1 is 1.29 bits per heavy atom. The van der Waals surface area contributed by atoms with Gasteiger partial charge in [0, 0.05) is 6.54 Å². The van der Waals surface area contributed by atoms with Gasteiger partial charge in [-0.1, -0.05) is 25.1 Å². The molecule has 1 unspecified atom stereocenters. The molecule has 1 aliphatic rings. The first-order valence-electron chi connectivity index (χ1n) is 5.57. The van der Waals surface area contributed by atoms with Crippen molar-refractivity contribution >= 4 is 0 Å². The Balaban J connectivity index is 2.19. The lowest BCUT2D eigenvalue weighted by atomic mass is 9.97. The molecule has 1 heteroatoms. The monoisotopic (exact) mass is 189 g/mol. The van der Waals surface area contributed by atoms with Crippen molar-refractivity contribution in [1.29, 1.82) is 0 Å². The molecule has 1 aromatic rings. The first kappa shape index (κ1) is 9.72. The number of likely N-dealkylation sites (N-methyl/N-ethyl adjacent to an activating group) is 1. The number of aryl methyl sites for hydroxylation is 2. The summed E-state index contributed by atoms with van der Waals surface area (Å²) in [7, 11) is 2.02. The third-order valence-corrected chi connectivity index (χ3v) is 3.20. The van der Waals surface area contributed by atoms with Crippen LogP contribution in [0.3, 0.4) is 0 Å². The summed E-state index contributed by atoms with van der Waals surface area (Å²) in [5.41, 5.74) is 4.65. The van der Waals surface area contributed by atoms with E-state index >= 15 is 0 Å². The minimum Gasteiger partial charge on any atom is -0.319 e. The van der Waals surface area contributed by atoms with Crippen LogP contribution in [-0.2, 0) is 12.8 Å². The van der Waals surface area contributed by atoms with E-state index in [1.165, 1.54) is 24.8 Å². The van der Waals surface area contributed by atoms with Gasteiger partial charge in [-0.05, 0) is 48.9 Å². The molecule has 1 nitrogen and oxygen atoms in total. The number of hydrogen-bond donors (Lipinski definition) is 1. The molecule has 2 rings (SSSR count). The number of nitrogens with one attached hydrogen (secondary N) is 1. The van der Waals surface area contributed by atoms with E-state index < -0.39 is 0 Å². The van der Waals surface area contributed by atoms with Gasteiger partial charge in [0.05, 0.1) is 0 Å². The molecule has 1 atom stereocenters. The average Bonchev–Trinajstić information content (AvgIpc) is 2.64. The summed E-state index contributed by atoms with van der Waals surface area (Å²) in [6.45, 7) is 3.35. The van der Waals surface area contributed by atoms with Crippen LogP contribution >= 0.6 is 0 Å². The standard InChI is InChI=1S/C13H19N/c1-10(9-14-2)12-7-6-11-4-3-5-13(11)8-12/h6-8,10,14H,3-5,9H2,1-2H3. The summed E-state index contributed by atoms with van der Waals surface area (Å²) in [6, 6.07) is 7.03. The lowest BCUT2D eigenvalue weighted by Crippen LogP contribution is -2.14. The van der Waals surface area contributed by atoms with Crippen molar-refractivity contribution in [1.82, 2.24) is 5.32 Å². The smallest absolute Gasteiger partial charge is 0.00144 e. The highest BCUT2D eigenvalue weighted by molar-refractivity contribution is 5.36. The minimum atomic E-state index is 0.630. The normalized spacial score (nSPS) is 16.7.